The molecule has 1 aromatic heterocycles. The number of carbonyl (C=O) groups excluding carboxylic acids is 1. The predicted octanol–water partition coefficient (Wildman–Crippen LogP) is 4.78. The third-order valence-corrected chi connectivity index (χ3v) is 6.26. The molecular weight excluding hydrogens is 474 g/mol. The number of aromatic nitrogens is 1. The molecule has 0 radical (unpaired) electrons. The van der Waals surface area contributed by atoms with Gasteiger partial charge in [-0.1, -0.05) is 18.2 Å². The first-order chi connectivity index (χ1) is 15.7. The molecule has 34 heavy (non-hydrogen) atoms. The Morgan fingerprint density at radius 2 is 1.74 bits per heavy atom. The van der Waals surface area contributed by atoms with Gasteiger partial charge < -0.3 is 15.8 Å². The molecule has 3 aromatic carbocycles. The molecule has 1 amide bonds. The van der Waals surface area contributed by atoms with E-state index in [9.17, 15) is 13.2 Å². The van der Waals surface area contributed by atoms with Gasteiger partial charge in [0.25, 0.3) is 5.91 Å². The number of hydrogen-bond acceptors (Lipinski definition) is 6. The van der Waals surface area contributed by atoms with Crippen molar-refractivity contribution >= 4 is 50.4 Å². The zero-order chi connectivity index (χ0) is 23.6. The first-order valence-corrected chi connectivity index (χ1v) is 12.1. The molecule has 4 aromatic rings. The maximum absolute atomic E-state index is 13.0. The van der Waals surface area contributed by atoms with Crippen LogP contribution in [-0.4, -0.2) is 25.6 Å². The second kappa shape index (κ2) is 10.1. The molecule has 0 spiro atoms. The highest BCUT2D eigenvalue weighted by Gasteiger charge is 2.13. The Hall–Kier alpha value is -3.62. The molecule has 0 unspecified atom stereocenters. The number of amides is 1. The first kappa shape index (κ1) is 25.0. The first-order valence-electron chi connectivity index (χ1n) is 10.2. The van der Waals surface area contributed by atoms with E-state index in [4.69, 9.17) is 10.5 Å². The van der Waals surface area contributed by atoms with Crippen LogP contribution in [0, 0.1) is 6.92 Å². The van der Waals surface area contributed by atoms with Crippen LogP contribution in [0.25, 0.3) is 10.9 Å². The lowest BCUT2D eigenvalue weighted by Gasteiger charge is -2.12. The number of aryl methyl sites for hydroxylation is 1. The lowest BCUT2D eigenvalue weighted by Crippen LogP contribution is -2.15. The van der Waals surface area contributed by atoms with Gasteiger partial charge in [-0.2, -0.15) is 0 Å². The van der Waals surface area contributed by atoms with E-state index in [-0.39, 0.29) is 29.8 Å². The fraction of sp³-hybridized carbons (Fsp3) is 0.120. The van der Waals surface area contributed by atoms with E-state index in [2.05, 4.69) is 10.3 Å². The van der Waals surface area contributed by atoms with Crippen LogP contribution in [0.15, 0.2) is 77.7 Å². The second-order valence-corrected chi connectivity index (χ2v) is 9.74. The van der Waals surface area contributed by atoms with Crippen molar-refractivity contribution in [2.75, 3.05) is 17.3 Å². The van der Waals surface area contributed by atoms with E-state index >= 15 is 0 Å². The van der Waals surface area contributed by atoms with Gasteiger partial charge in [0.05, 0.1) is 10.4 Å². The number of hydrogen-bond donors (Lipinski definition) is 2. The molecule has 0 aliphatic rings. The quantitative estimate of drug-likeness (QED) is 0.396. The number of benzene rings is 3. The molecule has 176 valence electrons. The zero-order valence-corrected chi connectivity index (χ0v) is 20.2. The zero-order valence-electron chi connectivity index (χ0n) is 18.6. The van der Waals surface area contributed by atoms with Gasteiger partial charge in [-0.3, -0.25) is 9.78 Å². The van der Waals surface area contributed by atoms with E-state index in [1.165, 1.54) is 12.1 Å². The SMILES string of the molecule is Cc1cc(N)c2cc(NC(=O)c3ccccc3COc3ccc(S(C)(=O)=O)cc3)ccc2n1.Cl. The van der Waals surface area contributed by atoms with Crippen LogP contribution in [0.4, 0.5) is 11.4 Å². The van der Waals surface area contributed by atoms with E-state index in [0.717, 1.165) is 22.9 Å². The van der Waals surface area contributed by atoms with Gasteiger partial charge in [0.1, 0.15) is 12.4 Å². The van der Waals surface area contributed by atoms with E-state index < -0.39 is 9.84 Å². The number of nitrogens with zero attached hydrogens (tertiary/aromatic N) is 1. The van der Waals surface area contributed by atoms with Crippen molar-refractivity contribution in [2.24, 2.45) is 0 Å². The van der Waals surface area contributed by atoms with E-state index in [1.54, 1.807) is 42.5 Å². The number of sulfone groups is 1. The lowest BCUT2D eigenvalue weighted by molar-refractivity contribution is 0.102. The number of carbonyl (C=O) groups is 1. The van der Waals surface area contributed by atoms with Gasteiger partial charge in [-0.15, -0.1) is 12.4 Å². The van der Waals surface area contributed by atoms with Crippen LogP contribution in [0.2, 0.25) is 0 Å². The minimum absolute atomic E-state index is 0. The van der Waals surface area contributed by atoms with Gasteiger partial charge in [0.2, 0.25) is 0 Å². The Bertz CT molecular complexity index is 1460. The molecule has 9 heteroatoms. The maximum Gasteiger partial charge on any atom is 0.256 e. The Labute approximate surface area is 204 Å². The second-order valence-electron chi connectivity index (χ2n) is 7.73. The van der Waals surface area contributed by atoms with Gasteiger partial charge >= 0.3 is 0 Å². The smallest absolute Gasteiger partial charge is 0.256 e. The van der Waals surface area contributed by atoms with Crippen molar-refractivity contribution in [3.63, 3.8) is 0 Å². The molecule has 3 N–H and O–H groups in total. The van der Waals surface area contributed by atoms with Gasteiger partial charge in [-0.05, 0) is 61.5 Å². The molecule has 0 saturated carbocycles. The predicted molar refractivity (Wildman–Crippen MR) is 136 cm³/mol. The monoisotopic (exact) mass is 497 g/mol. The highest BCUT2D eigenvalue weighted by molar-refractivity contribution is 7.90. The lowest BCUT2D eigenvalue weighted by atomic mass is 10.1. The largest absolute Gasteiger partial charge is 0.489 e. The molecule has 0 aliphatic carbocycles. The van der Waals surface area contributed by atoms with Crippen LogP contribution >= 0.6 is 12.4 Å². The number of halogens is 1. The molecule has 1 heterocycles. The van der Waals surface area contributed by atoms with Crippen LogP contribution in [-0.2, 0) is 16.4 Å². The highest BCUT2D eigenvalue weighted by Crippen LogP contribution is 2.25. The normalized spacial score (nSPS) is 11.0. The summed E-state index contributed by atoms with van der Waals surface area (Å²) in [5.74, 6) is 0.227. The third-order valence-electron chi connectivity index (χ3n) is 5.13. The Morgan fingerprint density at radius 3 is 2.44 bits per heavy atom. The fourth-order valence-corrected chi connectivity index (χ4v) is 4.11. The van der Waals surface area contributed by atoms with Gasteiger partial charge in [0, 0.05) is 39.8 Å². The maximum atomic E-state index is 13.0. The summed E-state index contributed by atoms with van der Waals surface area (Å²) in [6.45, 7) is 2.03. The van der Waals surface area contributed by atoms with Crippen molar-refractivity contribution < 1.29 is 17.9 Å². The number of nitrogen functional groups attached to an aromatic ring is 1. The minimum atomic E-state index is -3.27. The van der Waals surface area contributed by atoms with E-state index in [1.807, 2.05) is 25.1 Å². The summed E-state index contributed by atoms with van der Waals surface area (Å²) >= 11 is 0. The molecule has 0 bridgehead atoms. The van der Waals surface area contributed by atoms with Crippen LogP contribution in [0.1, 0.15) is 21.6 Å². The summed E-state index contributed by atoms with van der Waals surface area (Å²) in [7, 11) is -3.27. The Kier molecular flexibility index (Phi) is 7.44. The summed E-state index contributed by atoms with van der Waals surface area (Å²) in [6.07, 6.45) is 1.15. The molecular formula is C25H24ClN3O4S. The number of nitrogens with two attached hydrogens (primary N) is 1. The van der Waals surface area contributed by atoms with Crippen molar-refractivity contribution in [1.82, 2.24) is 4.98 Å². The number of anilines is 2. The number of pyridine rings is 1. The molecule has 0 atom stereocenters. The molecule has 7 nitrogen and oxygen atoms in total. The fourth-order valence-electron chi connectivity index (χ4n) is 3.48. The molecule has 0 fully saturated rings. The average Bonchev–Trinajstić information content (AvgIpc) is 2.78. The number of rotatable bonds is 6. The van der Waals surface area contributed by atoms with Crippen molar-refractivity contribution in [2.45, 2.75) is 18.4 Å². The Morgan fingerprint density at radius 1 is 1.03 bits per heavy atom. The summed E-state index contributed by atoms with van der Waals surface area (Å²) in [5, 5.41) is 3.68. The standard InChI is InChI=1S/C25H23N3O4S.ClH/c1-16-13-23(26)22-14-18(7-12-24(22)27-16)28-25(29)21-6-4-3-5-17(21)15-32-19-8-10-20(11-9-19)33(2,30)31;/h3-14H,15H2,1-2H3,(H2,26,27)(H,28,29);1H. The van der Waals surface area contributed by atoms with Gasteiger partial charge in [0.15, 0.2) is 9.84 Å². The summed E-state index contributed by atoms with van der Waals surface area (Å²) in [5.41, 5.74) is 10.1. The third kappa shape index (κ3) is 5.65. The van der Waals surface area contributed by atoms with Crippen molar-refractivity contribution in [3.8, 4) is 5.75 Å². The molecule has 4 rings (SSSR count). The van der Waals surface area contributed by atoms with Crippen LogP contribution in [0.3, 0.4) is 0 Å². The van der Waals surface area contributed by atoms with Crippen molar-refractivity contribution in [3.05, 3.63) is 89.6 Å². The summed E-state index contributed by atoms with van der Waals surface area (Å²) in [6, 6.07) is 20.5. The van der Waals surface area contributed by atoms with Crippen LogP contribution < -0.4 is 15.8 Å². The average molecular weight is 498 g/mol. The molecule has 0 saturated heterocycles. The number of ether oxygens (including phenoxy) is 1. The molecule has 0 aliphatic heterocycles. The highest BCUT2D eigenvalue weighted by atomic mass is 35.5. The minimum Gasteiger partial charge on any atom is -0.489 e. The summed E-state index contributed by atoms with van der Waals surface area (Å²) in [4.78, 5) is 17.7. The van der Waals surface area contributed by atoms with Crippen LogP contribution in [0.5, 0.6) is 5.75 Å². The van der Waals surface area contributed by atoms with Gasteiger partial charge in [-0.25, -0.2) is 8.42 Å². The van der Waals surface area contributed by atoms with E-state index in [0.29, 0.717) is 28.3 Å². The Balaban J connectivity index is 0.00000324. The number of fused-ring (bicyclic) bond motifs is 1. The topological polar surface area (TPSA) is 111 Å². The van der Waals surface area contributed by atoms with Crippen molar-refractivity contribution in [1.29, 1.82) is 0 Å². The summed E-state index contributed by atoms with van der Waals surface area (Å²) < 4.78 is 29.0. The number of nitrogens with one attached hydrogen (secondary N) is 1.